The lowest BCUT2D eigenvalue weighted by atomic mass is 9.88. The van der Waals surface area contributed by atoms with Crippen molar-refractivity contribution in [2.24, 2.45) is 0 Å². The number of nitrogens with zero attached hydrogens (tertiary/aromatic N) is 4. The number of anilines is 2. The molecule has 0 atom stereocenters. The molecule has 1 aliphatic heterocycles. The van der Waals surface area contributed by atoms with Gasteiger partial charge >= 0.3 is 5.97 Å². The molecule has 0 unspecified atom stereocenters. The summed E-state index contributed by atoms with van der Waals surface area (Å²) in [5, 5.41) is 19.4. The molecule has 0 radical (unpaired) electrons. The second kappa shape index (κ2) is 10.5. The third kappa shape index (κ3) is 5.50. The lowest BCUT2D eigenvalue weighted by Gasteiger charge is -2.32. The van der Waals surface area contributed by atoms with Crippen LogP contribution in [-0.4, -0.2) is 50.0 Å². The van der Waals surface area contributed by atoms with E-state index < -0.39 is 11.6 Å². The summed E-state index contributed by atoms with van der Waals surface area (Å²) in [7, 11) is 1.59. The molecule has 5 rings (SSSR count). The molecular weight excluding hydrogens is 480 g/mol. The molecule has 1 aliphatic rings. The summed E-state index contributed by atoms with van der Waals surface area (Å²) in [5.74, 6) is 0.324. The molecule has 0 fully saturated rings. The van der Waals surface area contributed by atoms with E-state index in [0.29, 0.717) is 18.2 Å². The summed E-state index contributed by atoms with van der Waals surface area (Å²) in [5.41, 5.74) is 7.68. The Bertz CT molecular complexity index is 1460. The van der Waals surface area contributed by atoms with Gasteiger partial charge in [-0.1, -0.05) is 29.8 Å². The van der Waals surface area contributed by atoms with Crippen molar-refractivity contribution in [1.29, 1.82) is 0 Å². The van der Waals surface area contributed by atoms with Crippen molar-refractivity contribution in [3.05, 3.63) is 65.1 Å². The van der Waals surface area contributed by atoms with Crippen LogP contribution in [0.2, 0.25) is 0 Å². The largest absolute Gasteiger partial charge is 0.494 e. The number of aryl methyl sites for hydroxylation is 2. The molecule has 200 valence electrons. The Hall–Kier alpha value is -3.91. The average molecular weight is 517 g/mol. The third-order valence-corrected chi connectivity index (χ3v) is 6.48. The fourth-order valence-electron chi connectivity index (χ4n) is 4.90. The van der Waals surface area contributed by atoms with Crippen LogP contribution in [0.5, 0.6) is 5.75 Å². The van der Waals surface area contributed by atoms with Gasteiger partial charge in [-0.2, -0.15) is 0 Å². The number of aromatic nitrogens is 3. The van der Waals surface area contributed by atoms with Crippen LogP contribution in [0.1, 0.15) is 43.2 Å². The summed E-state index contributed by atoms with van der Waals surface area (Å²) in [6, 6.07) is 10.5. The summed E-state index contributed by atoms with van der Waals surface area (Å²) in [4.78, 5) is 23.1. The van der Waals surface area contributed by atoms with E-state index in [-0.39, 0.29) is 6.42 Å². The summed E-state index contributed by atoms with van der Waals surface area (Å²) >= 11 is 0. The van der Waals surface area contributed by atoms with Gasteiger partial charge in [0.2, 0.25) is 5.95 Å². The second-order valence-electron chi connectivity index (χ2n) is 10.7. The van der Waals surface area contributed by atoms with Crippen molar-refractivity contribution in [1.82, 2.24) is 14.5 Å². The number of aliphatic carboxylic acids is 1. The first-order valence-electron chi connectivity index (χ1n) is 12.7. The Morgan fingerprint density at radius 1 is 1.05 bits per heavy atom. The SMILES string of the molecule is CC(C)(C)O.COc1cnc(N2CCn3c(C)cc4c(-c5ccc(C)cc5)c(CC(=O)O)c(C)c2c43)nc1. The minimum absolute atomic E-state index is 0.0560. The van der Waals surface area contributed by atoms with E-state index in [4.69, 9.17) is 9.84 Å². The van der Waals surface area contributed by atoms with Gasteiger partial charge in [-0.25, -0.2) is 9.97 Å². The Morgan fingerprint density at radius 2 is 1.66 bits per heavy atom. The van der Waals surface area contributed by atoms with Crippen LogP contribution in [0, 0.1) is 20.8 Å². The van der Waals surface area contributed by atoms with Crippen LogP contribution in [0.15, 0.2) is 42.7 Å². The summed E-state index contributed by atoms with van der Waals surface area (Å²) < 4.78 is 7.54. The number of carboxylic acid groups (broad SMARTS) is 1. The van der Waals surface area contributed by atoms with Crippen molar-refractivity contribution < 1.29 is 19.7 Å². The highest BCUT2D eigenvalue weighted by Crippen LogP contribution is 2.46. The number of carbonyl (C=O) groups is 1. The monoisotopic (exact) mass is 516 g/mol. The highest BCUT2D eigenvalue weighted by atomic mass is 16.5. The molecule has 8 heteroatoms. The molecular formula is C30H36N4O4. The van der Waals surface area contributed by atoms with Gasteiger partial charge in [-0.3, -0.25) is 4.79 Å². The number of rotatable bonds is 5. The van der Waals surface area contributed by atoms with Gasteiger partial charge in [0.1, 0.15) is 0 Å². The van der Waals surface area contributed by atoms with Crippen molar-refractivity contribution in [2.45, 2.75) is 60.1 Å². The van der Waals surface area contributed by atoms with Gasteiger partial charge in [0.15, 0.2) is 5.75 Å². The summed E-state index contributed by atoms with van der Waals surface area (Å²) in [6.07, 6.45) is 3.26. The number of methoxy groups -OCH3 is 1. The van der Waals surface area contributed by atoms with Crippen molar-refractivity contribution in [3.63, 3.8) is 0 Å². The second-order valence-corrected chi connectivity index (χ2v) is 10.7. The lowest BCUT2D eigenvalue weighted by Crippen LogP contribution is -2.30. The molecule has 0 spiro atoms. The Balaban J connectivity index is 0.000000617. The van der Waals surface area contributed by atoms with Gasteiger partial charge < -0.3 is 24.4 Å². The average Bonchev–Trinajstić information content (AvgIpc) is 3.18. The normalized spacial score (nSPS) is 12.8. The van der Waals surface area contributed by atoms with Crippen molar-refractivity contribution in [2.75, 3.05) is 18.6 Å². The van der Waals surface area contributed by atoms with Gasteiger partial charge in [-0.15, -0.1) is 0 Å². The smallest absolute Gasteiger partial charge is 0.307 e. The quantitative estimate of drug-likeness (QED) is 0.357. The molecule has 0 aliphatic carbocycles. The third-order valence-electron chi connectivity index (χ3n) is 6.48. The molecule has 2 aromatic heterocycles. The topological polar surface area (TPSA) is 101 Å². The molecule has 38 heavy (non-hydrogen) atoms. The maximum atomic E-state index is 11.9. The number of benzene rings is 2. The van der Waals surface area contributed by atoms with E-state index in [1.54, 1.807) is 40.3 Å². The Labute approximate surface area is 223 Å². The van der Waals surface area contributed by atoms with E-state index in [2.05, 4.69) is 63.6 Å². The minimum Gasteiger partial charge on any atom is -0.494 e. The summed E-state index contributed by atoms with van der Waals surface area (Å²) in [6.45, 7) is 12.9. The first-order valence-corrected chi connectivity index (χ1v) is 12.7. The van der Waals surface area contributed by atoms with E-state index in [1.165, 1.54) is 5.56 Å². The van der Waals surface area contributed by atoms with Crippen LogP contribution in [0.3, 0.4) is 0 Å². The fraction of sp³-hybridized carbons (Fsp3) is 0.367. The van der Waals surface area contributed by atoms with E-state index >= 15 is 0 Å². The minimum atomic E-state index is -0.850. The van der Waals surface area contributed by atoms with Crippen molar-refractivity contribution >= 4 is 28.5 Å². The van der Waals surface area contributed by atoms with Gasteiger partial charge in [0, 0.05) is 24.2 Å². The van der Waals surface area contributed by atoms with Crippen LogP contribution < -0.4 is 9.64 Å². The fourth-order valence-corrected chi connectivity index (χ4v) is 4.90. The number of aliphatic hydroxyl groups is 1. The van der Waals surface area contributed by atoms with Gasteiger partial charge in [0.25, 0.3) is 0 Å². The predicted molar refractivity (Wildman–Crippen MR) is 150 cm³/mol. The molecule has 8 nitrogen and oxygen atoms in total. The molecule has 0 bridgehead atoms. The Morgan fingerprint density at radius 3 is 2.21 bits per heavy atom. The molecule has 0 saturated heterocycles. The van der Waals surface area contributed by atoms with Gasteiger partial charge in [0.05, 0.1) is 42.7 Å². The molecule has 2 aromatic carbocycles. The molecule has 3 heterocycles. The van der Waals surface area contributed by atoms with Crippen LogP contribution in [-0.2, 0) is 17.8 Å². The molecule has 2 N–H and O–H groups in total. The first kappa shape index (κ1) is 27.1. The van der Waals surface area contributed by atoms with E-state index in [9.17, 15) is 9.90 Å². The number of hydrogen-bond donors (Lipinski definition) is 2. The molecule has 4 aromatic rings. The number of hydrogen-bond acceptors (Lipinski definition) is 6. The zero-order valence-electron chi connectivity index (χ0n) is 23.2. The number of carboxylic acids is 1. The maximum Gasteiger partial charge on any atom is 0.307 e. The Kier molecular flexibility index (Phi) is 7.47. The highest BCUT2D eigenvalue weighted by Gasteiger charge is 2.30. The first-order chi connectivity index (χ1) is 17.9. The standard InChI is InChI=1S/C26H26N4O3.C4H10O/c1-15-5-7-18(8-6-15)23-20(12-22(31)32)17(3)24-25-21(23)11-16(2)29(25)9-10-30(24)26-27-13-19(33-4)14-28-26;1-4(2,3)5/h5-8,11,13-14H,9-10,12H2,1-4H3,(H,31,32);5H,1-3H3. The van der Waals surface area contributed by atoms with E-state index in [0.717, 1.165) is 51.1 Å². The lowest BCUT2D eigenvalue weighted by molar-refractivity contribution is -0.136. The molecule has 0 saturated carbocycles. The molecule has 0 amide bonds. The zero-order valence-corrected chi connectivity index (χ0v) is 23.2. The van der Waals surface area contributed by atoms with E-state index in [1.807, 2.05) is 6.92 Å². The predicted octanol–water partition coefficient (Wildman–Crippen LogP) is 5.59. The van der Waals surface area contributed by atoms with Crippen LogP contribution >= 0.6 is 0 Å². The zero-order chi connectivity index (χ0) is 27.8. The van der Waals surface area contributed by atoms with Crippen molar-refractivity contribution in [3.8, 4) is 16.9 Å². The maximum absolute atomic E-state index is 11.9. The van der Waals surface area contributed by atoms with Crippen LogP contribution in [0.4, 0.5) is 11.6 Å². The number of ether oxygens (including phenoxy) is 1. The van der Waals surface area contributed by atoms with Crippen LogP contribution in [0.25, 0.3) is 22.0 Å². The van der Waals surface area contributed by atoms with Gasteiger partial charge in [-0.05, 0) is 69.9 Å². The highest BCUT2D eigenvalue weighted by molar-refractivity contribution is 6.08.